The van der Waals surface area contributed by atoms with Gasteiger partial charge in [-0.15, -0.1) is 0 Å². The van der Waals surface area contributed by atoms with Gasteiger partial charge in [0.05, 0.1) is 27.0 Å². The lowest BCUT2D eigenvalue weighted by atomic mass is 9.98. The van der Waals surface area contributed by atoms with E-state index < -0.39 is 33.0 Å². The summed E-state index contributed by atoms with van der Waals surface area (Å²) >= 11 is 0. The van der Waals surface area contributed by atoms with Crippen molar-refractivity contribution >= 4 is 28.8 Å². The Hall–Kier alpha value is -4.73. The first kappa shape index (κ1) is 25.9. The number of hydrogen-bond acceptors (Lipinski definition) is 8. The molecule has 0 atom stereocenters. The second-order valence-corrected chi connectivity index (χ2v) is 7.86. The van der Waals surface area contributed by atoms with Gasteiger partial charge in [0, 0.05) is 11.6 Å². The number of hydrogen-bond donors (Lipinski definition) is 0. The molecule has 3 rings (SSSR count). The molecule has 10 nitrogen and oxygen atoms in total. The van der Waals surface area contributed by atoms with Crippen molar-refractivity contribution in [3.63, 3.8) is 0 Å². The zero-order chi connectivity index (χ0) is 26.1. The minimum atomic E-state index is -0.706. The van der Waals surface area contributed by atoms with Crippen molar-refractivity contribution in [1.29, 1.82) is 0 Å². The molecule has 0 heterocycles. The summed E-state index contributed by atoms with van der Waals surface area (Å²) in [5.74, 6) is -1.12. The molecule has 10 heteroatoms. The van der Waals surface area contributed by atoms with Crippen LogP contribution in [0, 0.1) is 20.2 Å². The molecule has 0 saturated heterocycles. The van der Waals surface area contributed by atoms with E-state index in [-0.39, 0.29) is 16.8 Å². The number of nitro benzene ring substituents is 2. The van der Waals surface area contributed by atoms with Crippen LogP contribution < -0.4 is 0 Å². The Morgan fingerprint density at radius 2 is 1.56 bits per heavy atom. The van der Waals surface area contributed by atoms with Gasteiger partial charge in [0.2, 0.25) is 5.78 Å². The number of nitrogens with zero attached hydrogens (tertiary/aromatic N) is 3. The van der Waals surface area contributed by atoms with E-state index in [1.165, 1.54) is 36.4 Å². The summed E-state index contributed by atoms with van der Waals surface area (Å²) in [7, 11) is 0. The van der Waals surface area contributed by atoms with Crippen molar-refractivity contribution in [1.82, 2.24) is 0 Å². The van der Waals surface area contributed by atoms with Crippen LogP contribution in [0.15, 0.2) is 78.0 Å². The van der Waals surface area contributed by atoms with Gasteiger partial charge >= 0.3 is 5.97 Å². The third kappa shape index (κ3) is 6.44. The fourth-order valence-corrected chi connectivity index (χ4v) is 3.46. The standard InChI is InChI=1S/C26H23N3O7/c1-2-3-5-10-23(27-36-26(31)20-8-6-4-7-9-20)25(30)19-13-11-18(12-14-19)22-16-15-21(28(32)33)17-24(22)29(34)35/h4,6-9,11-17H,2-3,5,10H2,1H3/b27-23-. The van der Waals surface area contributed by atoms with Crippen molar-refractivity contribution in [2.45, 2.75) is 32.6 Å². The third-order valence-corrected chi connectivity index (χ3v) is 5.37. The molecule has 36 heavy (non-hydrogen) atoms. The molecule has 0 aliphatic carbocycles. The highest BCUT2D eigenvalue weighted by Gasteiger charge is 2.21. The minimum Gasteiger partial charge on any atom is -0.312 e. The first-order chi connectivity index (χ1) is 17.3. The van der Waals surface area contributed by atoms with E-state index in [1.807, 2.05) is 6.92 Å². The fourth-order valence-electron chi connectivity index (χ4n) is 3.46. The van der Waals surface area contributed by atoms with Crippen LogP contribution in [-0.2, 0) is 4.84 Å². The smallest absolute Gasteiger partial charge is 0.312 e. The molecule has 0 aromatic heterocycles. The van der Waals surface area contributed by atoms with Crippen LogP contribution in [0.2, 0.25) is 0 Å². The SMILES string of the molecule is CCCCC/C(=N/OC(=O)c1ccccc1)C(=O)c1ccc(-c2ccc([N+](=O)[O-])cc2[N+](=O)[O-])cc1. The van der Waals surface area contributed by atoms with E-state index in [0.717, 1.165) is 18.9 Å². The molecule has 3 aromatic carbocycles. The molecule has 0 aliphatic heterocycles. The number of unbranched alkanes of at least 4 members (excludes halogenated alkanes) is 2. The van der Waals surface area contributed by atoms with E-state index in [1.54, 1.807) is 30.3 Å². The average molecular weight is 489 g/mol. The van der Waals surface area contributed by atoms with Gasteiger partial charge in [0.25, 0.3) is 11.4 Å². The molecule has 0 spiro atoms. The lowest BCUT2D eigenvalue weighted by Gasteiger charge is -2.08. The zero-order valence-corrected chi connectivity index (χ0v) is 19.5. The number of carbonyl (C=O) groups excluding carboxylic acids is 2. The number of ketones is 1. The summed E-state index contributed by atoms with van der Waals surface area (Å²) < 4.78 is 0. The number of oxime groups is 1. The van der Waals surface area contributed by atoms with Crippen LogP contribution in [-0.4, -0.2) is 27.3 Å². The molecule has 0 fully saturated rings. The number of nitro groups is 2. The van der Waals surface area contributed by atoms with Crippen molar-refractivity contribution in [2.24, 2.45) is 5.16 Å². The van der Waals surface area contributed by atoms with Crippen LogP contribution in [0.25, 0.3) is 11.1 Å². The van der Waals surface area contributed by atoms with Gasteiger partial charge in [-0.05, 0) is 36.6 Å². The van der Waals surface area contributed by atoms with E-state index in [0.29, 0.717) is 24.0 Å². The molecule has 0 saturated carbocycles. The molecule has 3 aromatic rings. The molecular weight excluding hydrogens is 466 g/mol. The van der Waals surface area contributed by atoms with E-state index in [9.17, 15) is 29.8 Å². The van der Waals surface area contributed by atoms with Crippen LogP contribution >= 0.6 is 0 Å². The molecule has 0 bridgehead atoms. The zero-order valence-electron chi connectivity index (χ0n) is 19.5. The lowest BCUT2D eigenvalue weighted by molar-refractivity contribution is -0.393. The van der Waals surface area contributed by atoms with Gasteiger partial charge in [-0.3, -0.25) is 25.0 Å². The van der Waals surface area contributed by atoms with Crippen LogP contribution in [0.1, 0.15) is 53.3 Å². The maximum absolute atomic E-state index is 13.1. The summed E-state index contributed by atoms with van der Waals surface area (Å²) in [6.45, 7) is 2.02. The number of carbonyl (C=O) groups is 2. The van der Waals surface area contributed by atoms with Gasteiger partial charge in [-0.1, -0.05) is 67.4 Å². The fraction of sp³-hybridized carbons (Fsp3) is 0.192. The lowest BCUT2D eigenvalue weighted by Crippen LogP contribution is -2.16. The first-order valence-corrected chi connectivity index (χ1v) is 11.2. The molecule has 0 amide bonds. The maximum Gasteiger partial charge on any atom is 0.365 e. The number of non-ortho nitro benzene ring substituents is 1. The number of benzene rings is 3. The van der Waals surface area contributed by atoms with E-state index in [4.69, 9.17) is 4.84 Å². The highest BCUT2D eigenvalue weighted by atomic mass is 16.7. The van der Waals surface area contributed by atoms with E-state index >= 15 is 0 Å². The number of rotatable bonds is 11. The molecular formula is C26H23N3O7. The van der Waals surface area contributed by atoms with Crippen LogP contribution in [0.3, 0.4) is 0 Å². The summed E-state index contributed by atoms with van der Waals surface area (Å²) in [6.07, 6.45) is 2.77. The second kappa shape index (κ2) is 12.1. The van der Waals surface area contributed by atoms with E-state index in [2.05, 4.69) is 5.16 Å². The Labute approximate surface area is 206 Å². The molecule has 0 aliphatic rings. The Morgan fingerprint density at radius 3 is 2.17 bits per heavy atom. The Morgan fingerprint density at radius 1 is 0.861 bits per heavy atom. The summed E-state index contributed by atoms with van der Waals surface area (Å²) in [5, 5.41) is 26.3. The average Bonchev–Trinajstić information content (AvgIpc) is 2.90. The molecule has 184 valence electrons. The van der Waals surface area contributed by atoms with Crippen molar-refractivity contribution in [2.75, 3.05) is 0 Å². The largest absolute Gasteiger partial charge is 0.365 e. The quantitative estimate of drug-likeness (QED) is 0.0785. The van der Waals surface area contributed by atoms with Gasteiger partial charge in [-0.25, -0.2) is 4.79 Å². The highest BCUT2D eigenvalue weighted by molar-refractivity contribution is 6.45. The predicted molar refractivity (Wildman–Crippen MR) is 133 cm³/mol. The monoisotopic (exact) mass is 489 g/mol. The third-order valence-electron chi connectivity index (χ3n) is 5.37. The summed E-state index contributed by atoms with van der Waals surface area (Å²) in [5.41, 5.74) is 0.422. The molecule has 0 unspecified atom stereocenters. The Kier molecular flexibility index (Phi) is 8.71. The Balaban J connectivity index is 1.86. The number of Topliss-reactive ketones (excluding diaryl/α,β-unsaturated/α-hetero) is 1. The minimum absolute atomic E-state index is 0.0850. The van der Waals surface area contributed by atoms with Crippen molar-refractivity contribution in [3.05, 3.63) is 104 Å². The van der Waals surface area contributed by atoms with Crippen molar-refractivity contribution in [3.8, 4) is 11.1 Å². The molecule has 0 N–H and O–H groups in total. The Bertz CT molecular complexity index is 1300. The second-order valence-electron chi connectivity index (χ2n) is 7.86. The van der Waals surface area contributed by atoms with Gasteiger partial charge in [-0.2, -0.15) is 0 Å². The van der Waals surface area contributed by atoms with Gasteiger partial charge in [0.15, 0.2) is 0 Å². The first-order valence-electron chi connectivity index (χ1n) is 11.2. The summed E-state index contributed by atoms with van der Waals surface area (Å²) in [4.78, 5) is 51.4. The van der Waals surface area contributed by atoms with Gasteiger partial charge in [0.1, 0.15) is 5.71 Å². The van der Waals surface area contributed by atoms with Crippen molar-refractivity contribution < 1.29 is 24.3 Å². The predicted octanol–water partition coefficient (Wildman–Crippen LogP) is 6.15. The van der Waals surface area contributed by atoms with Crippen LogP contribution in [0.4, 0.5) is 11.4 Å². The van der Waals surface area contributed by atoms with Crippen LogP contribution in [0.5, 0.6) is 0 Å². The van der Waals surface area contributed by atoms with Gasteiger partial charge < -0.3 is 4.84 Å². The summed E-state index contributed by atoms with van der Waals surface area (Å²) in [6, 6.07) is 17.7. The normalized spacial score (nSPS) is 11.1. The maximum atomic E-state index is 13.1. The molecule has 0 radical (unpaired) electrons. The topological polar surface area (TPSA) is 142 Å². The highest BCUT2D eigenvalue weighted by Crippen LogP contribution is 2.33.